The lowest BCUT2D eigenvalue weighted by Gasteiger charge is -2.11. The minimum Gasteiger partial charge on any atom is -0.480 e. The summed E-state index contributed by atoms with van der Waals surface area (Å²) in [5.74, 6) is -1.93. The molecule has 0 aliphatic carbocycles. The normalized spacial score (nSPS) is 11.9. The molecule has 1 heterocycles. The number of nitrogens with zero attached hydrogens (tertiary/aromatic N) is 1. The minimum atomic E-state index is -1.34. The van der Waals surface area contributed by atoms with Crippen LogP contribution in [0.25, 0.3) is 0 Å². The SMILES string of the molecule is Cc1cc(C(=O)N[C@H](CO)C(=O)O)cc(Cl)n1. The van der Waals surface area contributed by atoms with Crippen molar-refractivity contribution < 1.29 is 19.8 Å². The topological polar surface area (TPSA) is 99.5 Å². The van der Waals surface area contributed by atoms with Gasteiger partial charge in [-0.2, -0.15) is 0 Å². The molecule has 0 unspecified atom stereocenters. The largest absolute Gasteiger partial charge is 0.480 e. The quantitative estimate of drug-likeness (QED) is 0.671. The van der Waals surface area contributed by atoms with Crippen molar-refractivity contribution in [1.82, 2.24) is 10.3 Å². The summed E-state index contributed by atoms with van der Waals surface area (Å²) in [5, 5.41) is 19.7. The van der Waals surface area contributed by atoms with Gasteiger partial charge in [-0.3, -0.25) is 4.79 Å². The van der Waals surface area contributed by atoms with Crippen LogP contribution in [0.3, 0.4) is 0 Å². The highest BCUT2D eigenvalue weighted by molar-refractivity contribution is 6.29. The Balaban J connectivity index is 2.86. The van der Waals surface area contributed by atoms with Gasteiger partial charge in [0.1, 0.15) is 5.15 Å². The van der Waals surface area contributed by atoms with Gasteiger partial charge in [-0.15, -0.1) is 0 Å². The van der Waals surface area contributed by atoms with Crippen molar-refractivity contribution in [3.05, 3.63) is 28.5 Å². The third-order valence-electron chi connectivity index (χ3n) is 1.97. The molecule has 0 aliphatic rings. The fraction of sp³-hybridized carbons (Fsp3) is 0.300. The molecule has 1 aromatic rings. The second-order valence-corrected chi connectivity index (χ2v) is 3.75. The van der Waals surface area contributed by atoms with Crippen LogP contribution in [0.5, 0.6) is 0 Å². The van der Waals surface area contributed by atoms with Crippen molar-refractivity contribution in [3.8, 4) is 0 Å². The van der Waals surface area contributed by atoms with Crippen LogP contribution < -0.4 is 5.32 Å². The number of aliphatic hydroxyl groups is 1. The van der Waals surface area contributed by atoms with Gasteiger partial charge in [-0.25, -0.2) is 9.78 Å². The fourth-order valence-electron chi connectivity index (χ4n) is 1.19. The summed E-state index contributed by atoms with van der Waals surface area (Å²) in [7, 11) is 0. The monoisotopic (exact) mass is 258 g/mol. The van der Waals surface area contributed by atoms with Crippen molar-refractivity contribution in [2.45, 2.75) is 13.0 Å². The maximum Gasteiger partial charge on any atom is 0.328 e. The van der Waals surface area contributed by atoms with Crippen molar-refractivity contribution in [1.29, 1.82) is 0 Å². The Morgan fingerprint density at radius 2 is 2.18 bits per heavy atom. The number of aliphatic hydroxyl groups excluding tert-OH is 1. The molecule has 0 aliphatic heterocycles. The number of nitrogens with one attached hydrogen (secondary N) is 1. The van der Waals surface area contributed by atoms with E-state index in [0.717, 1.165) is 0 Å². The van der Waals surface area contributed by atoms with E-state index in [9.17, 15) is 9.59 Å². The van der Waals surface area contributed by atoms with E-state index in [1.54, 1.807) is 6.92 Å². The fourth-order valence-corrected chi connectivity index (χ4v) is 1.44. The summed E-state index contributed by atoms with van der Waals surface area (Å²) in [6, 6.07) is 1.45. The highest BCUT2D eigenvalue weighted by Gasteiger charge is 2.19. The van der Waals surface area contributed by atoms with Crippen molar-refractivity contribution in [3.63, 3.8) is 0 Å². The highest BCUT2D eigenvalue weighted by atomic mass is 35.5. The van der Waals surface area contributed by atoms with E-state index in [0.29, 0.717) is 5.69 Å². The number of carbonyl (C=O) groups is 2. The minimum absolute atomic E-state index is 0.144. The number of aryl methyl sites for hydroxylation is 1. The van der Waals surface area contributed by atoms with E-state index in [1.165, 1.54) is 12.1 Å². The summed E-state index contributed by atoms with van der Waals surface area (Å²) in [4.78, 5) is 26.1. The molecule has 0 radical (unpaired) electrons. The number of hydrogen-bond donors (Lipinski definition) is 3. The third kappa shape index (κ3) is 3.69. The molecule has 1 amide bonds. The van der Waals surface area contributed by atoms with Gasteiger partial charge in [-0.05, 0) is 19.1 Å². The molecule has 1 atom stereocenters. The molecular formula is C10H11ClN2O4. The number of rotatable bonds is 4. The first-order valence-electron chi connectivity index (χ1n) is 4.72. The third-order valence-corrected chi connectivity index (χ3v) is 2.16. The highest BCUT2D eigenvalue weighted by Crippen LogP contribution is 2.10. The maximum absolute atomic E-state index is 11.7. The summed E-state index contributed by atoms with van der Waals surface area (Å²) < 4.78 is 0. The van der Waals surface area contributed by atoms with Crippen molar-refractivity contribution in [2.75, 3.05) is 6.61 Å². The Morgan fingerprint density at radius 1 is 1.53 bits per heavy atom. The molecule has 92 valence electrons. The molecular weight excluding hydrogens is 248 g/mol. The first-order chi connectivity index (χ1) is 7.93. The molecule has 7 heteroatoms. The van der Waals surface area contributed by atoms with Crippen LogP contribution in [0, 0.1) is 6.92 Å². The van der Waals surface area contributed by atoms with Gasteiger partial charge in [0.2, 0.25) is 0 Å². The van der Waals surface area contributed by atoms with Crippen LogP contribution in [0.2, 0.25) is 5.15 Å². The molecule has 1 rings (SSSR count). The number of carbonyl (C=O) groups excluding carboxylic acids is 1. The zero-order valence-corrected chi connectivity index (χ0v) is 9.73. The number of halogens is 1. The van der Waals surface area contributed by atoms with E-state index >= 15 is 0 Å². The van der Waals surface area contributed by atoms with E-state index in [2.05, 4.69) is 10.3 Å². The molecule has 0 saturated carbocycles. The van der Waals surface area contributed by atoms with Gasteiger partial charge >= 0.3 is 5.97 Å². The van der Waals surface area contributed by atoms with Crippen LogP contribution in [-0.4, -0.2) is 39.7 Å². The number of amides is 1. The smallest absolute Gasteiger partial charge is 0.328 e. The summed E-state index contributed by atoms with van der Waals surface area (Å²) in [6.07, 6.45) is 0. The van der Waals surface area contributed by atoms with Gasteiger partial charge in [0.15, 0.2) is 6.04 Å². The average molecular weight is 259 g/mol. The molecule has 0 saturated heterocycles. The second kappa shape index (κ2) is 5.60. The molecule has 0 bridgehead atoms. The average Bonchev–Trinajstić information content (AvgIpc) is 2.23. The van der Waals surface area contributed by atoms with Crippen LogP contribution in [0.15, 0.2) is 12.1 Å². The zero-order valence-electron chi connectivity index (χ0n) is 8.98. The molecule has 3 N–H and O–H groups in total. The van der Waals surface area contributed by atoms with Gasteiger partial charge in [0, 0.05) is 11.3 Å². The zero-order chi connectivity index (χ0) is 13.0. The Labute approximate surface area is 102 Å². The number of carboxylic acid groups (broad SMARTS) is 1. The Morgan fingerprint density at radius 3 is 2.65 bits per heavy atom. The van der Waals surface area contributed by atoms with E-state index in [4.69, 9.17) is 21.8 Å². The van der Waals surface area contributed by atoms with E-state index < -0.39 is 24.5 Å². The van der Waals surface area contributed by atoms with Crippen LogP contribution in [0.1, 0.15) is 16.1 Å². The lowest BCUT2D eigenvalue weighted by molar-refractivity contribution is -0.140. The second-order valence-electron chi connectivity index (χ2n) is 3.37. The predicted octanol–water partition coefficient (Wildman–Crippen LogP) is 0.219. The van der Waals surface area contributed by atoms with Gasteiger partial charge in [-0.1, -0.05) is 11.6 Å². The summed E-state index contributed by atoms with van der Waals surface area (Å²) in [6.45, 7) is 0.974. The molecule has 0 fully saturated rings. The van der Waals surface area contributed by atoms with E-state index in [-0.39, 0.29) is 10.7 Å². The number of aliphatic carboxylic acids is 1. The number of hydrogen-bond acceptors (Lipinski definition) is 4. The number of pyridine rings is 1. The predicted molar refractivity (Wildman–Crippen MR) is 60.0 cm³/mol. The van der Waals surface area contributed by atoms with Crippen LogP contribution in [0.4, 0.5) is 0 Å². The van der Waals surface area contributed by atoms with Crippen molar-refractivity contribution in [2.24, 2.45) is 0 Å². The number of aromatic nitrogens is 1. The van der Waals surface area contributed by atoms with Crippen LogP contribution in [-0.2, 0) is 4.79 Å². The summed E-state index contributed by atoms with van der Waals surface area (Å²) >= 11 is 5.67. The molecule has 17 heavy (non-hydrogen) atoms. The Bertz CT molecular complexity index is 430. The Hall–Kier alpha value is -1.66. The van der Waals surface area contributed by atoms with Crippen LogP contribution >= 0.6 is 11.6 Å². The maximum atomic E-state index is 11.7. The lowest BCUT2D eigenvalue weighted by atomic mass is 10.2. The molecule has 1 aromatic heterocycles. The number of carboxylic acids is 1. The van der Waals surface area contributed by atoms with Gasteiger partial charge in [0.05, 0.1) is 6.61 Å². The first kappa shape index (κ1) is 13.4. The lowest BCUT2D eigenvalue weighted by Crippen LogP contribution is -2.43. The standard InChI is InChI=1S/C10H11ClN2O4/c1-5-2-6(3-8(11)12-5)9(15)13-7(4-14)10(16)17/h2-3,7,14H,4H2,1H3,(H,13,15)(H,16,17)/t7-/m1/s1. The molecule has 0 aromatic carbocycles. The van der Waals surface area contributed by atoms with E-state index in [1.807, 2.05) is 0 Å². The Kier molecular flexibility index (Phi) is 4.42. The molecule has 6 nitrogen and oxygen atoms in total. The summed E-state index contributed by atoms with van der Waals surface area (Å²) in [5.41, 5.74) is 0.737. The first-order valence-corrected chi connectivity index (χ1v) is 5.10. The molecule has 0 spiro atoms. The van der Waals surface area contributed by atoms with Gasteiger partial charge in [0.25, 0.3) is 5.91 Å². The van der Waals surface area contributed by atoms with Crippen molar-refractivity contribution >= 4 is 23.5 Å². The van der Waals surface area contributed by atoms with Gasteiger partial charge < -0.3 is 15.5 Å².